The second kappa shape index (κ2) is 10.0. The Morgan fingerprint density at radius 1 is 1.29 bits per heavy atom. The third-order valence-corrected chi connectivity index (χ3v) is 5.31. The molecular formula is C20H15ClN4O5S. The number of nitro groups is 1. The Kier molecular flexibility index (Phi) is 7.16. The van der Waals surface area contributed by atoms with Crippen LogP contribution in [0.2, 0.25) is 5.02 Å². The number of nitrogens with one attached hydrogen (secondary N) is 1. The lowest BCUT2D eigenvalue weighted by Crippen LogP contribution is -2.36. The fourth-order valence-corrected chi connectivity index (χ4v) is 3.65. The van der Waals surface area contributed by atoms with Gasteiger partial charge in [0.05, 0.1) is 9.83 Å². The number of imide groups is 1. The molecule has 1 aromatic carbocycles. The van der Waals surface area contributed by atoms with Gasteiger partial charge in [-0.05, 0) is 47.2 Å². The number of nitrogens with zero attached hydrogens (tertiary/aromatic N) is 3. The number of benzene rings is 1. The number of thioether (sulfide) groups is 1. The van der Waals surface area contributed by atoms with E-state index in [0.29, 0.717) is 11.1 Å². The largest absolute Gasteiger partial charge is 0.351 e. The summed E-state index contributed by atoms with van der Waals surface area (Å²) in [4.78, 5) is 52.1. The Balaban J connectivity index is 1.53. The monoisotopic (exact) mass is 458 g/mol. The average Bonchev–Trinajstić information content (AvgIpc) is 3.01. The molecule has 0 unspecified atom stereocenters. The lowest BCUT2D eigenvalue weighted by molar-refractivity contribution is -0.384. The Labute approximate surface area is 185 Å². The van der Waals surface area contributed by atoms with Gasteiger partial charge in [0.15, 0.2) is 0 Å². The molecule has 1 aromatic heterocycles. The average molecular weight is 459 g/mol. The highest BCUT2D eigenvalue weighted by Gasteiger charge is 2.34. The van der Waals surface area contributed by atoms with Crippen LogP contribution in [-0.4, -0.2) is 45.0 Å². The van der Waals surface area contributed by atoms with Crippen molar-refractivity contribution in [3.05, 3.63) is 80.0 Å². The van der Waals surface area contributed by atoms with Crippen molar-refractivity contribution in [3.63, 3.8) is 0 Å². The highest BCUT2D eigenvalue weighted by molar-refractivity contribution is 8.18. The molecular weight excluding hydrogens is 444 g/mol. The Bertz CT molecular complexity index is 1100. The molecule has 31 heavy (non-hydrogen) atoms. The van der Waals surface area contributed by atoms with Gasteiger partial charge in [-0.15, -0.1) is 0 Å². The van der Waals surface area contributed by atoms with E-state index in [1.165, 1.54) is 30.4 Å². The van der Waals surface area contributed by atoms with Crippen molar-refractivity contribution < 1.29 is 19.3 Å². The van der Waals surface area contributed by atoms with Crippen molar-refractivity contribution in [2.45, 2.75) is 0 Å². The molecule has 0 atom stereocenters. The second-order valence-electron chi connectivity index (χ2n) is 6.21. The molecule has 1 fully saturated rings. The van der Waals surface area contributed by atoms with Gasteiger partial charge < -0.3 is 5.32 Å². The number of nitro benzene ring substituents is 1. The van der Waals surface area contributed by atoms with Crippen molar-refractivity contribution in [2.75, 3.05) is 13.1 Å². The van der Waals surface area contributed by atoms with Crippen LogP contribution < -0.4 is 5.32 Å². The third kappa shape index (κ3) is 5.77. The fraction of sp³-hybridized carbons (Fsp3) is 0.100. The summed E-state index contributed by atoms with van der Waals surface area (Å²) in [6, 6.07) is 7.65. The number of carbonyl (C=O) groups is 3. The van der Waals surface area contributed by atoms with E-state index in [4.69, 9.17) is 11.6 Å². The van der Waals surface area contributed by atoms with Gasteiger partial charge in [-0.3, -0.25) is 34.4 Å². The van der Waals surface area contributed by atoms with E-state index in [-0.39, 0.29) is 28.7 Å². The summed E-state index contributed by atoms with van der Waals surface area (Å²) in [7, 11) is 0. The minimum Gasteiger partial charge on any atom is -0.351 e. The van der Waals surface area contributed by atoms with E-state index >= 15 is 0 Å². The molecule has 9 nitrogen and oxygen atoms in total. The van der Waals surface area contributed by atoms with Crippen LogP contribution in [0, 0.1) is 10.1 Å². The van der Waals surface area contributed by atoms with Crippen LogP contribution in [0.25, 0.3) is 12.2 Å². The molecule has 158 valence electrons. The molecule has 0 bridgehead atoms. The maximum atomic E-state index is 12.4. The molecule has 1 aliphatic rings. The van der Waals surface area contributed by atoms with Crippen LogP contribution >= 0.6 is 23.4 Å². The first-order valence-corrected chi connectivity index (χ1v) is 10.1. The van der Waals surface area contributed by atoms with Gasteiger partial charge in [0.1, 0.15) is 5.02 Å². The molecule has 11 heteroatoms. The van der Waals surface area contributed by atoms with Gasteiger partial charge in [-0.25, -0.2) is 0 Å². The number of carbonyl (C=O) groups excluding carboxylic acids is 3. The maximum absolute atomic E-state index is 12.4. The number of aromatic nitrogens is 1. The van der Waals surface area contributed by atoms with E-state index in [1.54, 1.807) is 30.6 Å². The van der Waals surface area contributed by atoms with Crippen molar-refractivity contribution >= 4 is 58.3 Å². The lowest BCUT2D eigenvalue weighted by atomic mass is 10.2. The molecule has 0 radical (unpaired) electrons. The SMILES string of the molecule is O=C(/C=C/c1ccc(Cl)c([N+](=O)[O-])c1)NCCN1C(=O)S/C(=C\c2cccnc2)C1=O. The molecule has 0 aliphatic carbocycles. The molecule has 1 aliphatic heterocycles. The first-order valence-electron chi connectivity index (χ1n) is 8.90. The van der Waals surface area contributed by atoms with E-state index in [9.17, 15) is 24.5 Å². The predicted molar refractivity (Wildman–Crippen MR) is 117 cm³/mol. The third-order valence-electron chi connectivity index (χ3n) is 4.08. The van der Waals surface area contributed by atoms with Crippen LogP contribution in [0.5, 0.6) is 0 Å². The summed E-state index contributed by atoms with van der Waals surface area (Å²) in [5.74, 6) is -0.910. The first-order chi connectivity index (χ1) is 14.8. The van der Waals surface area contributed by atoms with Crippen LogP contribution in [0.4, 0.5) is 10.5 Å². The van der Waals surface area contributed by atoms with E-state index in [2.05, 4.69) is 10.3 Å². The number of halogens is 1. The van der Waals surface area contributed by atoms with E-state index in [0.717, 1.165) is 16.7 Å². The van der Waals surface area contributed by atoms with Gasteiger partial charge in [0.25, 0.3) is 16.8 Å². The smallest absolute Gasteiger partial charge is 0.293 e. The van der Waals surface area contributed by atoms with Gasteiger partial charge in [0.2, 0.25) is 5.91 Å². The van der Waals surface area contributed by atoms with Crippen LogP contribution in [0.1, 0.15) is 11.1 Å². The maximum Gasteiger partial charge on any atom is 0.293 e. The first kappa shape index (κ1) is 22.2. The van der Waals surface area contributed by atoms with E-state index < -0.39 is 22.0 Å². The highest BCUT2D eigenvalue weighted by Crippen LogP contribution is 2.31. The number of pyridine rings is 1. The predicted octanol–water partition coefficient (Wildman–Crippen LogP) is 3.51. The van der Waals surface area contributed by atoms with Crippen molar-refractivity contribution in [3.8, 4) is 0 Å². The topological polar surface area (TPSA) is 123 Å². The van der Waals surface area contributed by atoms with E-state index in [1.807, 2.05) is 0 Å². The molecule has 0 saturated carbocycles. The summed E-state index contributed by atoms with van der Waals surface area (Å²) in [6.07, 6.45) is 7.37. The van der Waals surface area contributed by atoms with Crippen LogP contribution in [0.3, 0.4) is 0 Å². The number of hydrogen-bond acceptors (Lipinski definition) is 7. The highest BCUT2D eigenvalue weighted by atomic mass is 35.5. The summed E-state index contributed by atoms with van der Waals surface area (Å²) in [5, 5.41) is 13.1. The van der Waals surface area contributed by atoms with Crippen molar-refractivity contribution in [1.29, 1.82) is 0 Å². The zero-order valence-corrected chi connectivity index (χ0v) is 17.4. The summed E-state index contributed by atoms with van der Waals surface area (Å²) >= 11 is 6.58. The molecule has 1 N–H and O–H groups in total. The molecule has 1 saturated heterocycles. The van der Waals surface area contributed by atoms with Gasteiger partial charge in [-0.1, -0.05) is 23.7 Å². The summed E-state index contributed by atoms with van der Waals surface area (Å²) in [6.45, 7) is 0.0726. The Morgan fingerprint density at radius 2 is 2.10 bits per heavy atom. The van der Waals surface area contributed by atoms with Crippen LogP contribution in [0.15, 0.2) is 53.7 Å². The second-order valence-corrected chi connectivity index (χ2v) is 7.61. The Morgan fingerprint density at radius 3 is 2.81 bits per heavy atom. The van der Waals surface area contributed by atoms with Crippen LogP contribution in [-0.2, 0) is 9.59 Å². The Hall–Kier alpha value is -3.50. The number of hydrogen-bond donors (Lipinski definition) is 1. The van der Waals surface area contributed by atoms with Crippen molar-refractivity contribution in [1.82, 2.24) is 15.2 Å². The minimum absolute atomic E-state index is 0.00126. The zero-order valence-electron chi connectivity index (χ0n) is 15.9. The molecule has 3 rings (SSSR count). The van der Waals surface area contributed by atoms with Crippen molar-refractivity contribution in [2.24, 2.45) is 0 Å². The fourth-order valence-electron chi connectivity index (χ4n) is 2.60. The minimum atomic E-state index is -0.612. The molecule has 2 aromatic rings. The van der Waals surface area contributed by atoms with Gasteiger partial charge in [0, 0.05) is 37.6 Å². The normalized spacial score (nSPS) is 15.1. The number of amides is 3. The summed E-state index contributed by atoms with van der Waals surface area (Å²) < 4.78 is 0. The summed E-state index contributed by atoms with van der Waals surface area (Å²) in [5.41, 5.74) is 0.870. The quantitative estimate of drug-likeness (QED) is 0.382. The molecule has 0 spiro atoms. The number of rotatable bonds is 7. The molecule has 2 heterocycles. The zero-order chi connectivity index (χ0) is 22.4. The van der Waals surface area contributed by atoms with Gasteiger partial charge >= 0.3 is 0 Å². The molecule has 3 amide bonds. The standard InChI is InChI=1S/C20H15ClN4O5S/c21-15-5-3-13(10-16(15)25(29)30)4-6-18(26)23-8-9-24-19(27)17(31-20(24)28)11-14-2-1-7-22-12-14/h1-7,10-12H,8-9H2,(H,23,26)/b6-4+,17-11-. The lowest BCUT2D eigenvalue weighted by Gasteiger charge is -2.12. The van der Waals surface area contributed by atoms with Gasteiger partial charge in [-0.2, -0.15) is 0 Å².